The Balaban J connectivity index is 1.67. The minimum atomic E-state index is -0.473. The van der Waals surface area contributed by atoms with E-state index in [0.29, 0.717) is 5.17 Å². The quantitative estimate of drug-likeness (QED) is 0.835. The molecule has 5 nitrogen and oxygen atoms in total. The van der Waals surface area contributed by atoms with E-state index in [4.69, 9.17) is 0 Å². The van der Waals surface area contributed by atoms with E-state index in [-0.39, 0.29) is 18.2 Å². The van der Waals surface area contributed by atoms with Gasteiger partial charge < -0.3 is 10.6 Å². The molecule has 2 N–H and O–H groups in total. The summed E-state index contributed by atoms with van der Waals surface area (Å²) in [7, 11) is 0. The number of para-hydroxylation sites is 1. The van der Waals surface area contributed by atoms with E-state index in [9.17, 15) is 9.59 Å². The monoisotopic (exact) mass is 381 g/mol. The van der Waals surface area contributed by atoms with Crippen molar-refractivity contribution in [2.75, 3.05) is 5.32 Å². The maximum absolute atomic E-state index is 12.4. The Morgan fingerprint density at radius 3 is 2.37 bits per heavy atom. The van der Waals surface area contributed by atoms with Crippen LogP contribution < -0.4 is 10.6 Å². The fourth-order valence-corrected chi connectivity index (χ4v) is 4.08. The highest BCUT2D eigenvalue weighted by molar-refractivity contribution is 8.15. The van der Waals surface area contributed by atoms with Crippen molar-refractivity contribution in [3.63, 3.8) is 0 Å². The average molecular weight is 382 g/mol. The molecule has 0 radical (unpaired) electrons. The number of nitrogens with zero attached hydrogens (tertiary/aromatic N) is 1. The van der Waals surface area contributed by atoms with Crippen LogP contribution in [0.25, 0.3) is 0 Å². The number of rotatable bonds is 4. The summed E-state index contributed by atoms with van der Waals surface area (Å²) in [5.41, 5.74) is 5.86. The summed E-state index contributed by atoms with van der Waals surface area (Å²) < 4.78 is 0. The fourth-order valence-electron chi connectivity index (χ4n) is 3.10. The Morgan fingerprint density at radius 1 is 1.11 bits per heavy atom. The first kappa shape index (κ1) is 19.2. The van der Waals surface area contributed by atoms with E-state index in [1.54, 1.807) is 0 Å². The van der Waals surface area contributed by atoms with Crippen LogP contribution in [0.3, 0.4) is 0 Å². The largest absolute Gasteiger partial charge is 0.326 e. The number of nitrogens with one attached hydrogen (secondary N) is 2. The van der Waals surface area contributed by atoms with Crippen molar-refractivity contribution in [3.05, 3.63) is 58.7 Å². The van der Waals surface area contributed by atoms with Crippen LogP contribution in [0, 0.1) is 27.7 Å². The van der Waals surface area contributed by atoms with Gasteiger partial charge in [0.15, 0.2) is 5.17 Å². The molecule has 2 aromatic carbocycles. The smallest absolute Gasteiger partial charge is 0.240 e. The molecule has 140 valence electrons. The zero-order valence-electron chi connectivity index (χ0n) is 15.9. The Kier molecular flexibility index (Phi) is 5.65. The summed E-state index contributed by atoms with van der Waals surface area (Å²) in [5.74, 6) is -0.354. The number of hydrogen-bond donors (Lipinski definition) is 2. The molecular weight excluding hydrogens is 358 g/mol. The molecule has 0 unspecified atom stereocenters. The predicted octanol–water partition coefficient (Wildman–Crippen LogP) is 4.17. The Morgan fingerprint density at radius 2 is 1.74 bits per heavy atom. The van der Waals surface area contributed by atoms with Gasteiger partial charge in [0.2, 0.25) is 11.8 Å². The lowest BCUT2D eigenvalue weighted by atomic mass is 10.1. The number of anilines is 1. The highest BCUT2D eigenvalue weighted by Crippen LogP contribution is 2.27. The maximum Gasteiger partial charge on any atom is 0.240 e. The fraction of sp³-hybridized carbons (Fsp3) is 0.286. The van der Waals surface area contributed by atoms with Crippen LogP contribution in [-0.2, 0) is 9.59 Å². The number of carbonyl (C=O) groups excluding carboxylic acids is 2. The number of carbonyl (C=O) groups is 2. The molecule has 0 aromatic heterocycles. The summed E-state index contributed by atoms with van der Waals surface area (Å²) in [6, 6.07) is 11.9. The van der Waals surface area contributed by atoms with Gasteiger partial charge in [0.1, 0.15) is 5.25 Å². The molecule has 0 saturated carbocycles. The van der Waals surface area contributed by atoms with Gasteiger partial charge in [-0.05, 0) is 62.1 Å². The molecule has 0 aliphatic carbocycles. The third-order valence-electron chi connectivity index (χ3n) is 4.33. The molecule has 3 rings (SSSR count). The van der Waals surface area contributed by atoms with Gasteiger partial charge in [-0.1, -0.05) is 36.0 Å². The van der Waals surface area contributed by atoms with E-state index >= 15 is 0 Å². The Hall–Kier alpha value is -2.60. The molecule has 1 aliphatic heterocycles. The molecule has 1 saturated heterocycles. The van der Waals surface area contributed by atoms with Crippen molar-refractivity contribution >= 4 is 40.1 Å². The molecule has 0 spiro atoms. The van der Waals surface area contributed by atoms with Gasteiger partial charge in [-0.3, -0.25) is 9.59 Å². The number of amidine groups is 1. The first-order chi connectivity index (χ1) is 12.8. The standard InChI is InChI=1S/C21H23N3O2S/c1-12-8-13(2)10-16(9-12)22-21-24-20(26)17(27-21)11-18(25)23-19-14(3)6-5-7-15(19)4/h5-10,17H,11H2,1-4H3,(H,23,25)(H,22,24,26)/t17-/m1/s1. The van der Waals surface area contributed by atoms with Crippen molar-refractivity contribution < 1.29 is 9.59 Å². The van der Waals surface area contributed by atoms with Crippen molar-refractivity contribution in [3.8, 4) is 0 Å². The van der Waals surface area contributed by atoms with Crippen molar-refractivity contribution in [1.29, 1.82) is 0 Å². The average Bonchev–Trinajstić information content (AvgIpc) is 2.89. The Labute approximate surface area is 163 Å². The number of thioether (sulfide) groups is 1. The van der Waals surface area contributed by atoms with E-state index < -0.39 is 5.25 Å². The lowest BCUT2D eigenvalue weighted by Gasteiger charge is -2.12. The minimum absolute atomic E-state index is 0.107. The van der Waals surface area contributed by atoms with Gasteiger partial charge in [-0.25, -0.2) is 4.99 Å². The van der Waals surface area contributed by atoms with Gasteiger partial charge in [-0.15, -0.1) is 0 Å². The zero-order chi connectivity index (χ0) is 19.6. The maximum atomic E-state index is 12.4. The third kappa shape index (κ3) is 4.77. The molecule has 0 bridgehead atoms. The van der Waals surface area contributed by atoms with Crippen molar-refractivity contribution in [2.45, 2.75) is 39.4 Å². The second-order valence-corrected chi connectivity index (χ2v) is 8.07. The number of benzene rings is 2. The first-order valence-corrected chi connectivity index (χ1v) is 9.70. The van der Waals surface area contributed by atoms with Crippen LogP contribution >= 0.6 is 11.8 Å². The molecule has 1 heterocycles. The van der Waals surface area contributed by atoms with Gasteiger partial charge in [0, 0.05) is 12.1 Å². The lowest BCUT2D eigenvalue weighted by molar-refractivity contribution is -0.122. The number of amides is 2. The van der Waals surface area contributed by atoms with E-state index in [1.165, 1.54) is 11.8 Å². The highest BCUT2D eigenvalue weighted by atomic mass is 32.2. The molecule has 1 aliphatic rings. The minimum Gasteiger partial charge on any atom is -0.326 e. The van der Waals surface area contributed by atoms with E-state index in [0.717, 1.165) is 33.6 Å². The molecule has 27 heavy (non-hydrogen) atoms. The molecule has 1 atom stereocenters. The first-order valence-electron chi connectivity index (χ1n) is 8.82. The van der Waals surface area contributed by atoms with Crippen molar-refractivity contribution in [2.24, 2.45) is 4.99 Å². The van der Waals surface area contributed by atoms with Crippen molar-refractivity contribution in [1.82, 2.24) is 5.32 Å². The zero-order valence-corrected chi connectivity index (χ0v) is 16.7. The van der Waals surface area contributed by atoms with Crippen LogP contribution in [0.5, 0.6) is 0 Å². The highest BCUT2D eigenvalue weighted by Gasteiger charge is 2.32. The second-order valence-electron chi connectivity index (χ2n) is 6.88. The molecule has 2 amide bonds. The predicted molar refractivity (Wildman–Crippen MR) is 112 cm³/mol. The summed E-state index contributed by atoms with van der Waals surface area (Å²) in [6.45, 7) is 7.93. The second kappa shape index (κ2) is 7.96. The van der Waals surface area contributed by atoms with Crippen LogP contribution in [0.15, 0.2) is 41.4 Å². The SMILES string of the molecule is Cc1cc(C)cc(N=C2NC(=O)[C@@H](CC(=O)Nc3c(C)cccc3C)S2)c1. The third-order valence-corrected chi connectivity index (χ3v) is 5.41. The van der Waals surface area contributed by atoms with Crippen LogP contribution in [0.2, 0.25) is 0 Å². The van der Waals surface area contributed by atoms with E-state index in [2.05, 4.69) is 21.7 Å². The van der Waals surface area contributed by atoms with Gasteiger partial charge in [-0.2, -0.15) is 0 Å². The van der Waals surface area contributed by atoms with Gasteiger partial charge in [0.05, 0.1) is 5.69 Å². The Bertz CT molecular complexity index is 897. The number of aryl methyl sites for hydroxylation is 4. The number of aliphatic imine (C=N–C) groups is 1. The normalized spacial score (nSPS) is 17.9. The van der Waals surface area contributed by atoms with Gasteiger partial charge >= 0.3 is 0 Å². The summed E-state index contributed by atoms with van der Waals surface area (Å²) in [4.78, 5) is 29.2. The topological polar surface area (TPSA) is 70.6 Å². The molecule has 6 heteroatoms. The van der Waals surface area contributed by atoms with Crippen LogP contribution in [0.1, 0.15) is 28.7 Å². The van der Waals surface area contributed by atoms with Crippen LogP contribution in [-0.4, -0.2) is 22.2 Å². The molecule has 2 aromatic rings. The van der Waals surface area contributed by atoms with Crippen LogP contribution in [0.4, 0.5) is 11.4 Å². The lowest BCUT2D eigenvalue weighted by Crippen LogP contribution is -2.28. The summed E-state index contributed by atoms with van der Waals surface area (Å²) in [5, 5.41) is 5.77. The van der Waals surface area contributed by atoms with Gasteiger partial charge in [0.25, 0.3) is 0 Å². The summed E-state index contributed by atoms with van der Waals surface area (Å²) in [6.07, 6.45) is 0.107. The van der Waals surface area contributed by atoms with E-state index in [1.807, 2.05) is 58.0 Å². The molecular formula is C21H23N3O2S. The number of hydrogen-bond acceptors (Lipinski definition) is 4. The molecule has 1 fully saturated rings. The summed E-state index contributed by atoms with van der Waals surface area (Å²) >= 11 is 1.30.